The van der Waals surface area contributed by atoms with Crippen LogP contribution in [0, 0.1) is 0 Å². The number of benzene rings is 2. The highest BCUT2D eigenvalue weighted by atomic mass is 16.5. The van der Waals surface area contributed by atoms with Crippen molar-refractivity contribution in [3.8, 4) is 5.75 Å². The van der Waals surface area contributed by atoms with Crippen molar-refractivity contribution < 1.29 is 14.9 Å². The third-order valence-corrected chi connectivity index (χ3v) is 3.32. The lowest BCUT2D eigenvalue weighted by atomic mass is 9.93. The van der Waals surface area contributed by atoms with Gasteiger partial charge < -0.3 is 14.9 Å². The number of hydrogen-bond acceptors (Lipinski definition) is 3. The van der Waals surface area contributed by atoms with E-state index in [9.17, 15) is 5.11 Å². The van der Waals surface area contributed by atoms with Crippen LogP contribution in [0.2, 0.25) is 0 Å². The van der Waals surface area contributed by atoms with Gasteiger partial charge in [0, 0.05) is 13.0 Å². The first kappa shape index (κ1) is 14.6. The Morgan fingerprint density at radius 3 is 2.25 bits per heavy atom. The van der Waals surface area contributed by atoms with E-state index < -0.39 is 5.60 Å². The minimum absolute atomic E-state index is 0.0424. The van der Waals surface area contributed by atoms with Crippen molar-refractivity contribution in [2.24, 2.45) is 0 Å². The van der Waals surface area contributed by atoms with Gasteiger partial charge in [-0.15, -0.1) is 0 Å². The average molecular weight is 272 g/mol. The summed E-state index contributed by atoms with van der Waals surface area (Å²) in [5, 5.41) is 19.1. The summed E-state index contributed by atoms with van der Waals surface area (Å²) in [5.41, 5.74) is 0.884. The van der Waals surface area contributed by atoms with Gasteiger partial charge in [0.15, 0.2) is 0 Å². The third kappa shape index (κ3) is 3.83. The molecule has 20 heavy (non-hydrogen) atoms. The second-order valence-electron chi connectivity index (χ2n) is 5.05. The first-order chi connectivity index (χ1) is 9.62. The number of hydrogen-bond donors (Lipinski definition) is 2. The molecule has 3 heteroatoms. The molecule has 2 rings (SSSR count). The smallest absolute Gasteiger partial charge is 0.119 e. The van der Waals surface area contributed by atoms with Crippen molar-refractivity contribution in [2.75, 3.05) is 6.61 Å². The molecule has 0 amide bonds. The quantitative estimate of drug-likeness (QED) is 0.850. The summed E-state index contributed by atoms with van der Waals surface area (Å²) in [6, 6.07) is 17.3. The molecule has 0 aromatic heterocycles. The molecule has 0 saturated carbocycles. The zero-order valence-electron chi connectivity index (χ0n) is 11.6. The molecular weight excluding hydrogens is 252 g/mol. The Balaban J connectivity index is 1.98. The summed E-state index contributed by atoms with van der Waals surface area (Å²) in [6.07, 6.45) is 0.317. The normalized spacial score (nSPS) is 13.8. The molecule has 0 bridgehead atoms. The van der Waals surface area contributed by atoms with E-state index in [1.807, 2.05) is 54.6 Å². The molecule has 2 aromatic rings. The molecule has 2 aromatic carbocycles. The molecular formula is C17H20O3. The Bertz CT molecular complexity index is 518. The molecule has 2 N–H and O–H groups in total. The van der Waals surface area contributed by atoms with Gasteiger partial charge in [-0.2, -0.15) is 0 Å². The van der Waals surface area contributed by atoms with Gasteiger partial charge in [-0.3, -0.25) is 0 Å². The topological polar surface area (TPSA) is 49.7 Å². The molecule has 0 aliphatic heterocycles. The van der Waals surface area contributed by atoms with Crippen molar-refractivity contribution in [3.05, 3.63) is 65.7 Å². The molecule has 0 spiro atoms. The zero-order valence-corrected chi connectivity index (χ0v) is 11.6. The first-order valence-corrected chi connectivity index (χ1v) is 6.72. The second-order valence-corrected chi connectivity index (χ2v) is 5.05. The maximum atomic E-state index is 10.2. The Morgan fingerprint density at radius 2 is 1.65 bits per heavy atom. The van der Waals surface area contributed by atoms with Gasteiger partial charge in [-0.05, 0) is 30.2 Å². The molecule has 0 aliphatic carbocycles. The van der Waals surface area contributed by atoms with Crippen LogP contribution >= 0.6 is 0 Å². The standard InChI is InChI=1S/C17H20O3/c1-17(19,11-12-18)15-7-9-16(10-8-15)20-13-14-5-3-2-4-6-14/h2-10,18-19H,11-13H2,1H3. The van der Waals surface area contributed by atoms with Crippen molar-refractivity contribution in [2.45, 2.75) is 25.6 Å². The molecule has 1 unspecified atom stereocenters. The van der Waals surface area contributed by atoms with Crippen LogP contribution in [-0.4, -0.2) is 16.8 Å². The lowest BCUT2D eigenvalue weighted by molar-refractivity contribution is 0.0299. The van der Waals surface area contributed by atoms with E-state index in [2.05, 4.69) is 0 Å². The van der Waals surface area contributed by atoms with Gasteiger partial charge in [0.2, 0.25) is 0 Å². The van der Waals surface area contributed by atoms with Crippen molar-refractivity contribution in [1.29, 1.82) is 0 Å². The van der Waals surface area contributed by atoms with E-state index in [0.29, 0.717) is 13.0 Å². The van der Waals surface area contributed by atoms with E-state index in [4.69, 9.17) is 9.84 Å². The summed E-state index contributed by atoms with van der Waals surface area (Å²) in [4.78, 5) is 0. The van der Waals surface area contributed by atoms with Crippen LogP contribution in [0.25, 0.3) is 0 Å². The number of rotatable bonds is 6. The SMILES string of the molecule is CC(O)(CCO)c1ccc(OCc2ccccc2)cc1. The predicted octanol–water partition coefficient (Wildman–Crippen LogP) is 2.86. The van der Waals surface area contributed by atoms with Crippen LogP contribution in [0.15, 0.2) is 54.6 Å². The van der Waals surface area contributed by atoms with Crippen molar-refractivity contribution >= 4 is 0 Å². The fourth-order valence-corrected chi connectivity index (χ4v) is 2.01. The number of aliphatic hydroxyl groups excluding tert-OH is 1. The van der Waals surface area contributed by atoms with E-state index in [1.54, 1.807) is 6.92 Å². The van der Waals surface area contributed by atoms with Crippen LogP contribution in [-0.2, 0) is 12.2 Å². The fourth-order valence-electron chi connectivity index (χ4n) is 2.01. The van der Waals surface area contributed by atoms with Crippen LogP contribution in [0.1, 0.15) is 24.5 Å². The minimum Gasteiger partial charge on any atom is -0.489 e. The first-order valence-electron chi connectivity index (χ1n) is 6.72. The summed E-state index contributed by atoms with van der Waals surface area (Å²) in [6.45, 7) is 2.18. The average Bonchev–Trinajstić information content (AvgIpc) is 2.47. The lowest BCUT2D eigenvalue weighted by Gasteiger charge is -2.23. The third-order valence-electron chi connectivity index (χ3n) is 3.32. The molecule has 3 nitrogen and oxygen atoms in total. The maximum absolute atomic E-state index is 10.2. The monoisotopic (exact) mass is 272 g/mol. The lowest BCUT2D eigenvalue weighted by Crippen LogP contribution is -2.22. The summed E-state index contributed by atoms with van der Waals surface area (Å²) < 4.78 is 5.69. The largest absolute Gasteiger partial charge is 0.489 e. The number of aliphatic hydroxyl groups is 2. The second kappa shape index (κ2) is 6.55. The molecule has 106 valence electrons. The van der Waals surface area contributed by atoms with Gasteiger partial charge in [-0.1, -0.05) is 42.5 Å². The molecule has 0 aliphatic rings. The Morgan fingerprint density at radius 1 is 1.00 bits per heavy atom. The maximum Gasteiger partial charge on any atom is 0.119 e. The van der Waals surface area contributed by atoms with Crippen LogP contribution in [0.4, 0.5) is 0 Å². The van der Waals surface area contributed by atoms with E-state index >= 15 is 0 Å². The van der Waals surface area contributed by atoms with Gasteiger partial charge in [0.1, 0.15) is 12.4 Å². The molecule has 0 saturated heterocycles. The molecule has 0 fully saturated rings. The van der Waals surface area contributed by atoms with Gasteiger partial charge in [0.25, 0.3) is 0 Å². The Kier molecular flexibility index (Phi) is 4.77. The van der Waals surface area contributed by atoms with Crippen molar-refractivity contribution in [3.63, 3.8) is 0 Å². The molecule has 1 atom stereocenters. The van der Waals surface area contributed by atoms with E-state index in [-0.39, 0.29) is 6.61 Å². The predicted molar refractivity (Wildman–Crippen MR) is 78.5 cm³/mol. The Labute approximate surface area is 119 Å². The van der Waals surface area contributed by atoms with Gasteiger partial charge in [-0.25, -0.2) is 0 Å². The summed E-state index contributed by atoms with van der Waals surface area (Å²) >= 11 is 0. The van der Waals surface area contributed by atoms with Crippen molar-refractivity contribution in [1.82, 2.24) is 0 Å². The van der Waals surface area contributed by atoms with Gasteiger partial charge >= 0.3 is 0 Å². The summed E-state index contributed by atoms with van der Waals surface area (Å²) in [5.74, 6) is 0.761. The van der Waals surface area contributed by atoms with Gasteiger partial charge in [0.05, 0.1) is 5.60 Å². The highest BCUT2D eigenvalue weighted by Crippen LogP contribution is 2.26. The minimum atomic E-state index is -1.01. The molecule has 0 heterocycles. The van der Waals surface area contributed by atoms with E-state index in [0.717, 1.165) is 16.9 Å². The Hall–Kier alpha value is -1.84. The number of ether oxygens (including phenoxy) is 1. The van der Waals surface area contributed by atoms with Crippen LogP contribution in [0.5, 0.6) is 5.75 Å². The highest BCUT2D eigenvalue weighted by Gasteiger charge is 2.21. The molecule has 0 radical (unpaired) electrons. The summed E-state index contributed by atoms with van der Waals surface area (Å²) in [7, 11) is 0. The van der Waals surface area contributed by atoms with Crippen LogP contribution in [0.3, 0.4) is 0 Å². The fraction of sp³-hybridized carbons (Fsp3) is 0.294. The highest BCUT2D eigenvalue weighted by molar-refractivity contribution is 5.30. The van der Waals surface area contributed by atoms with Crippen LogP contribution < -0.4 is 4.74 Å². The zero-order chi connectivity index (χ0) is 14.4. The van der Waals surface area contributed by atoms with E-state index in [1.165, 1.54) is 0 Å².